The number of hydrogen-bond acceptors (Lipinski definition) is 3. The van der Waals surface area contributed by atoms with Crippen LogP contribution < -0.4 is 15.8 Å². The molecule has 0 aliphatic carbocycles. The summed E-state index contributed by atoms with van der Waals surface area (Å²) in [5.41, 5.74) is 8.23. The number of methoxy groups -OCH3 is 1. The largest absolute Gasteiger partial charge is 0.495 e. The van der Waals surface area contributed by atoms with Gasteiger partial charge in [0, 0.05) is 12.1 Å². The predicted octanol–water partition coefficient (Wildman–Crippen LogP) is 4.22. The third kappa shape index (κ3) is 5.18. The van der Waals surface area contributed by atoms with E-state index in [1.54, 1.807) is 25.3 Å². The molecular formula is C18H23ClN2O2. The fraction of sp³-hybridized carbons (Fsp3) is 0.278. The summed E-state index contributed by atoms with van der Waals surface area (Å²) in [5.74, 6) is 0.811. The quantitative estimate of drug-likeness (QED) is 0.777. The maximum Gasteiger partial charge on any atom is 0.224 e. The molecule has 1 amide bonds. The van der Waals surface area contributed by atoms with E-state index < -0.39 is 0 Å². The van der Waals surface area contributed by atoms with Crippen LogP contribution in [0.5, 0.6) is 5.75 Å². The van der Waals surface area contributed by atoms with Gasteiger partial charge in [0.2, 0.25) is 5.91 Å². The zero-order valence-corrected chi connectivity index (χ0v) is 14.2. The first-order valence-electron chi connectivity index (χ1n) is 7.42. The van der Waals surface area contributed by atoms with Crippen LogP contribution in [0, 0.1) is 0 Å². The van der Waals surface area contributed by atoms with E-state index in [0.717, 1.165) is 6.42 Å². The molecule has 2 rings (SSSR count). The first-order chi connectivity index (χ1) is 10.6. The number of carbonyl (C=O) groups excluding carboxylic acids is 1. The van der Waals surface area contributed by atoms with Crippen LogP contribution in [0.15, 0.2) is 48.5 Å². The predicted molar refractivity (Wildman–Crippen MR) is 97.4 cm³/mol. The smallest absolute Gasteiger partial charge is 0.224 e. The second-order valence-electron chi connectivity index (χ2n) is 5.22. The van der Waals surface area contributed by atoms with Crippen LogP contribution in [-0.2, 0) is 4.79 Å². The fourth-order valence-corrected chi connectivity index (χ4v) is 2.47. The standard InChI is InChI=1S/C18H22N2O2.ClH/c1-3-13(14-7-5-4-6-8-14)11-18(21)20-15-9-10-17(22-2)16(19)12-15;/h4-10,12-13H,3,11,19H2,1-2H3,(H,20,21);1H. The van der Waals surface area contributed by atoms with Crippen LogP contribution in [-0.4, -0.2) is 13.0 Å². The summed E-state index contributed by atoms with van der Waals surface area (Å²) in [6.45, 7) is 2.09. The van der Waals surface area contributed by atoms with Crippen LogP contribution in [0.25, 0.3) is 0 Å². The van der Waals surface area contributed by atoms with Crippen LogP contribution >= 0.6 is 12.4 Å². The van der Waals surface area contributed by atoms with Crippen molar-refractivity contribution in [2.75, 3.05) is 18.2 Å². The molecule has 0 aliphatic rings. The summed E-state index contributed by atoms with van der Waals surface area (Å²) in [7, 11) is 1.57. The number of halogens is 1. The summed E-state index contributed by atoms with van der Waals surface area (Å²) in [6, 6.07) is 15.4. The van der Waals surface area contributed by atoms with E-state index in [-0.39, 0.29) is 24.2 Å². The van der Waals surface area contributed by atoms with Gasteiger partial charge in [-0.25, -0.2) is 0 Å². The average molecular weight is 335 g/mol. The van der Waals surface area contributed by atoms with Gasteiger partial charge in [-0.05, 0) is 36.1 Å². The highest BCUT2D eigenvalue weighted by Crippen LogP contribution is 2.26. The Morgan fingerprint density at radius 1 is 1.22 bits per heavy atom. The normalized spacial score (nSPS) is 11.2. The van der Waals surface area contributed by atoms with Crippen LogP contribution in [0.4, 0.5) is 11.4 Å². The minimum Gasteiger partial charge on any atom is -0.495 e. The van der Waals surface area contributed by atoms with Gasteiger partial charge in [0.1, 0.15) is 5.75 Å². The Morgan fingerprint density at radius 2 is 1.91 bits per heavy atom. The molecule has 0 saturated carbocycles. The Morgan fingerprint density at radius 3 is 2.48 bits per heavy atom. The molecule has 124 valence electrons. The number of ether oxygens (including phenoxy) is 1. The summed E-state index contributed by atoms with van der Waals surface area (Å²) in [5, 5.41) is 2.89. The highest BCUT2D eigenvalue weighted by atomic mass is 35.5. The Kier molecular flexibility index (Phi) is 7.42. The molecule has 0 bridgehead atoms. The number of anilines is 2. The van der Waals surface area contributed by atoms with Gasteiger partial charge in [-0.2, -0.15) is 0 Å². The van der Waals surface area contributed by atoms with Crippen molar-refractivity contribution in [3.63, 3.8) is 0 Å². The first kappa shape index (κ1) is 18.8. The summed E-state index contributed by atoms with van der Waals surface area (Å²) in [6.07, 6.45) is 1.37. The molecule has 4 nitrogen and oxygen atoms in total. The molecule has 3 N–H and O–H groups in total. The molecule has 0 aromatic heterocycles. The van der Waals surface area contributed by atoms with Crippen LogP contribution in [0.2, 0.25) is 0 Å². The van der Waals surface area contributed by atoms with Crippen molar-refractivity contribution in [1.29, 1.82) is 0 Å². The maximum atomic E-state index is 12.2. The lowest BCUT2D eigenvalue weighted by molar-refractivity contribution is -0.116. The minimum atomic E-state index is -0.0136. The van der Waals surface area contributed by atoms with Crippen LogP contribution in [0.1, 0.15) is 31.2 Å². The van der Waals surface area contributed by atoms with E-state index in [1.165, 1.54) is 5.56 Å². The fourth-order valence-electron chi connectivity index (χ4n) is 2.47. The molecule has 1 unspecified atom stereocenters. The van der Waals surface area contributed by atoms with Gasteiger partial charge in [0.05, 0.1) is 12.8 Å². The minimum absolute atomic E-state index is 0. The Bertz CT molecular complexity index is 632. The SMILES string of the molecule is CCC(CC(=O)Nc1ccc(OC)c(N)c1)c1ccccc1.Cl. The number of carbonyl (C=O) groups is 1. The third-order valence-electron chi connectivity index (χ3n) is 3.71. The van der Waals surface area contributed by atoms with Crippen molar-refractivity contribution in [2.24, 2.45) is 0 Å². The number of hydrogen-bond donors (Lipinski definition) is 2. The molecule has 0 spiro atoms. The molecule has 1 atom stereocenters. The molecule has 2 aromatic rings. The van der Waals surface area contributed by atoms with E-state index in [2.05, 4.69) is 24.4 Å². The van der Waals surface area contributed by atoms with Crippen molar-refractivity contribution in [3.05, 3.63) is 54.1 Å². The highest BCUT2D eigenvalue weighted by molar-refractivity contribution is 5.92. The molecule has 0 fully saturated rings. The lowest BCUT2D eigenvalue weighted by atomic mass is 9.93. The Balaban J connectivity index is 0.00000264. The summed E-state index contributed by atoms with van der Waals surface area (Å²) in [4.78, 5) is 12.2. The molecule has 0 saturated heterocycles. The number of nitrogen functional groups attached to an aromatic ring is 1. The van der Waals surface area contributed by atoms with Crippen molar-refractivity contribution >= 4 is 29.7 Å². The zero-order valence-electron chi connectivity index (χ0n) is 13.4. The van der Waals surface area contributed by atoms with Gasteiger partial charge in [0.15, 0.2) is 0 Å². The lowest BCUT2D eigenvalue weighted by Crippen LogP contribution is -2.15. The number of amides is 1. The monoisotopic (exact) mass is 334 g/mol. The van der Waals surface area contributed by atoms with Crippen molar-refractivity contribution in [2.45, 2.75) is 25.7 Å². The second-order valence-corrected chi connectivity index (χ2v) is 5.22. The molecule has 2 aromatic carbocycles. The number of nitrogens with two attached hydrogens (primary N) is 1. The number of nitrogens with one attached hydrogen (secondary N) is 1. The number of rotatable bonds is 6. The zero-order chi connectivity index (χ0) is 15.9. The van der Waals surface area contributed by atoms with Gasteiger partial charge in [-0.1, -0.05) is 37.3 Å². The van der Waals surface area contributed by atoms with E-state index in [9.17, 15) is 4.79 Å². The molecule has 0 heterocycles. The Hall–Kier alpha value is -2.20. The molecule has 0 radical (unpaired) electrons. The topological polar surface area (TPSA) is 64.3 Å². The average Bonchev–Trinajstić information content (AvgIpc) is 2.53. The van der Waals surface area contributed by atoms with Gasteiger partial charge >= 0.3 is 0 Å². The van der Waals surface area contributed by atoms with Gasteiger partial charge in [-0.15, -0.1) is 12.4 Å². The Labute approximate surface area is 143 Å². The van der Waals surface area contributed by atoms with Gasteiger partial charge < -0.3 is 15.8 Å². The van der Waals surface area contributed by atoms with E-state index in [4.69, 9.17) is 10.5 Å². The summed E-state index contributed by atoms with van der Waals surface area (Å²) >= 11 is 0. The molecular weight excluding hydrogens is 312 g/mol. The van der Waals surface area contributed by atoms with Crippen LogP contribution in [0.3, 0.4) is 0 Å². The molecule has 0 aliphatic heterocycles. The first-order valence-corrected chi connectivity index (χ1v) is 7.42. The van der Waals surface area contributed by atoms with Gasteiger partial charge in [0.25, 0.3) is 0 Å². The summed E-state index contributed by atoms with van der Waals surface area (Å²) < 4.78 is 5.11. The lowest BCUT2D eigenvalue weighted by Gasteiger charge is -2.15. The highest BCUT2D eigenvalue weighted by Gasteiger charge is 2.14. The second kappa shape index (κ2) is 9.06. The van der Waals surface area contributed by atoms with E-state index >= 15 is 0 Å². The number of benzene rings is 2. The maximum absolute atomic E-state index is 12.2. The molecule has 23 heavy (non-hydrogen) atoms. The third-order valence-corrected chi connectivity index (χ3v) is 3.71. The van der Waals surface area contributed by atoms with Crippen molar-refractivity contribution < 1.29 is 9.53 Å². The van der Waals surface area contributed by atoms with Crippen molar-refractivity contribution in [1.82, 2.24) is 0 Å². The van der Waals surface area contributed by atoms with Crippen molar-refractivity contribution in [3.8, 4) is 5.75 Å². The van der Waals surface area contributed by atoms with E-state index in [0.29, 0.717) is 23.5 Å². The van der Waals surface area contributed by atoms with E-state index in [1.807, 2.05) is 18.2 Å². The van der Waals surface area contributed by atoms with Gasteiger partial charge in [-0.3, -0.25) is 4.79 Å². The molecule has 5 heteroatoms.